The maximum absolute atomic E-state index is 12.0. The van der Waals surface area contributed by atoms with Crippen molar-refractivity contribution in [1.82, 2.24) is 14.5 Å². The molecular weight excluding hydrogens is 322 g/mol. The molecule has 2 heterocycles. The van der Waals surface area contributed by atoms with Crippen LogP contribution in [0.2, 0.25) is 0 Å². The maximum atomic E-state index is 12.0. The molecule has 0 radical (unpaired) electrons. The predicted octanol–water partition coefficient (Wildman–Crippen LogP) is 0.509. The van der Waals surface area contributed by atoms with Gasteiger partial charge in [0.2, 0.25) is 5.91 Å². The number of nitrogens with one attached hydrogen (secondary N) is 1. The number of nitro groups is 1. The molecule has 1 aromatic carbocycles. The number of carbonyl (C=O) groups excluding carboxylic acids is 1. The van der Waals surface area contributed by atoms with Crippen molar-refractivity contribution < 1.29 is 14.6 Å². The van der Waals surface area contributed by atoms with E-state index in [-0.39, 0.29) is 11.6 Å². The molecule has 0 atom stereocenters. The summed E-state index contributed by atoms with van der Waals surface area (Å²) in [5.41, 5.74) is 1.62. The van der Waals surface area contributed by atoms with Crippen molar-refractivity contribution in [2.75, 3.05) is 26.2 Å². The smallest absolute Gasteiger partial charge is 0.271 e. The van der Waals surface area contributed by atoms with Gasteiger partial charge in [0.1, 0.15) is 6.54 Å². The average Bonchev–Trinajstić information content (AvgIpc) is 2.91. The quantitative estimate of drug-likeness (QED) is 0.631. The zero-order valence-electron chi connectivity index (χ0n) is 14.7. The Labute approximate surface area is 146 Å². The van der Waals surface area contributed by atoms with E-state index in [9.17, 15) is 14.9 Å². The number of benzene rings is 1. The molecule has 1 aromatic heterocycles. The monoisotopic (exact) mass is 346 g/mol. The minimum absolute atomic E-state index is 0.0625. The highest BCUT2D eigenvalue weighted by molar-refractivity contribution is 5.78. The number of piperazine rings is 1. The Hall–Kier alpha value is -2.48. The van der Waals surface area contributed by atoms with Crippen molar-refractivity contribution in [2.24, 2.45) is 7.05 Å². The van der Waals surface area contributed by atoms with Crippen LogP contribution in [0.3, 0.4) is 0 Å². The average molecular weight is 346 g/mol. The molecule has 8 heteroatoms. The topological polar surface area (TPSA) is 85.7 Å². The molecule has 0 bridgehead atoms. The van der Waals surface area contributed by atoms with E-state index in [0.717, 1.165) is 50.5 Å². The molecule has 2 aromatic rings. The SMILES string of the molecule is CCCC(=O)N1CC[NH+](Cc2nc3cc([N+](=O)[O-])ccc3n2C)CC1. The highest BCUT2D eigenvalue weighted by atomic mass is 16.6. The number of fused-ring (bicyclic) bond motifs is 1. The van der Waals surface area contributed by atoms with Crippen LogP contribution in [0, 0.1) is 10.1 Å². The number of aryl methyl sites for hydroxylation is 1. The van der Waals surface area contributed by atoms with Crippen molar-refractivity contribution >= 4 is 22.6 Å². The van der Waals surface area contributed by atoms with Crippen LogP contribution in [0.4, 0.5) is 5.69 Å². The molecule has 134 valence electrons. The first kappa shape index (κ1) is 17.3. The molecule has 1 aliphatic heterocycles. The second kappa shape index (κ2) is 7.18. The summed E-state index contributed by atoms with van der Waals surface area (Å²) in [4.78, 5) is 30.4. The van der Waals surface area contributed by atoms with Gasteiger partial charge in [-0.3, -0.25) is 14.9 Å². The van der Waals surface area contributed by atoms with E-state index in [2.05, 4.69) is 4.98 Å². The fourth-order valence-corrected chi connectivity index (χ4v) is 3.35. The van der Waals surface area contributed by atoms with Crippen LogP contribution < -0.4 is 4.90 Å². The molecular formula is C17H24N5O3+. The lowest BCUT2D eigenvalue weighted by molar-refractivity contribution is -0.918. The van der Waals surface area contributed by atoms with Gasteiger partial charge in [-0.1, -0.05) is 6.92 Å². The Balaban J connectivity index is 1.68. The molecule has 1 aliphatic rings. The predicted molar refractivity (Wildman–Crippen MR) is 93.3 cm³/mol. The van der Waals surface area contributed by atoms with Gasteiger partial charge >= 0.3 is 0 Å². The summed E-state index contributed by atoms with van der Waals surface area (Å²) in [5, 5.41) is 10.9. The third-order valence-electron chi connectivity index (χ3n) is 4.86. The van der Waals surface area contributed by atoms with Gasteiger partial charge in [0.15, 0.2) is 5.82 Å². The van der Waals surface area contributed by atoms with Gasteiger partial charge in [0, 0.05) is 25.6 Å². The van der Waals surface area contributed by atoms with E-state index >= 15 is 0 Å². The lowest BCUT2D eigenvalue weighted by Crippen LogP contribution is -3.13. The number of imidazole rings is 1. The summed E-state index contributed by atoms with van der Waals surface area (Å²) >= 11 is 0. The molecule has 1 saturated heterocycles. The number of aromatic nitrogens is 2. The Kier molecular flexibility index (Phi) is 4.98. The molecule has 0 unspecified atom stereocenters. The van der Waals surface area contributed by atoms with E-state index < -0.39 is 4.92 Å². The molecule has 8 nitrogen and oxygen atoms in total. The van der Waals surface area contributed by atoms with E-state index in [0.29, 0.717) is 11.9 Å². The van der Waals surface area contributed by atoms with Gasteiger partial charge in [0.25, 0.3) is 5.69 Å². The van der Waals surface area contributed by atoms with Gasteiger partial charge in [-0.25, -0.2) is 4.98 Å². The molecule has 0 spiro atoms. The first-order valence-corrected chi connectivity index (χ1v) is 8.70. The summed E-state index contributed by atoms with van der Waals surface area (Å²) in [7, 11) is 1.94. The third-order valence-corrected chi connectivity index (χ3v) is 4.86. The van der Waals surface area contributed by atoms with Crippen LogP contribution in [0.25, 0.3) is 11.0 Å². The van der Waals surface area contributed by atoms with Gasteiger partial charge < -0.3 is 14.4 Å². The van der Waals surface area contributed by atoms with Crippen LogP contribution in [-0.4, -0.2) is 51.5 Å². The van der Waals surface area contributed by atoms with Gasteiger partial charge in [0.05, 0.1) is 42.1 Å². The van der Waals surface area contributed by atoms with Gasteiger partial charge in [-0.2, -0.15) is 0 Å². The minimum Gasteiger partial charge on any atom is -0.331 e. The number of amides is 1. The normalized spacial score (nSPS) is 15.7. The van der Waals surface area contributed by atoms with Crippen LogP contribution in [0.5, 0.6) is 0 Å². The van der Waals surface area contributed by atoms with E-state index in [4.69, 9.17) is 0 Å². The fourth-order valence-electron chi connectivity index (χ4n) is 3.35. The van der Waals surface area contributed by atoms with Gasteiger partial charge in [-0.15, -0.1) is 0 Å². The van der Waals surface area contributed by atoms with Crippen LogP contribution in [0.1, 0.15) is 25.6 Å². The number of carbonyl (C=O) groups is 1. The Bertz CT molecular complexity index is 793. The lowest BCUT2D eigenvalue weighted by Gasteiger charge is -2.32. The second-order valence-electron chi connectivity index (χ2n) is 6.57. The van der Waals surface area contributed by atoms with Crippen molar-refractivity contribution in [3.8, 4) is 0 Å². The van der Waals surface area contributed by atoms with E-state index in [1.807, 2.05) is 23.4 Å². The Morgan fingerprint density at radius 3 is 2.72 bits per heavy atom. The zero-order chi connectivity index (χ0) is 18.0. The molecule has 1 fully saturated rings. The number of hydrogen-bond acceptors (Lipinski definition) is 4. The number of quaternary nitrogens is 1. The third kappa shape index (κ3) is 3.63. The van der Waals surface area contributed by atoms with E-state index in [1.165, 1.54) is 17.0 Å². The van der Waals surface area contributed by atoms with Crippen molar-refractivity contribution in [1.29, 1.82) is 0 Å². The Morgan fingerprint density at radius 2 is 2.08 bits per heavy atom. The number of nitrogens with zero attached hydrogens (tertiary/aromatic N) is 4. The standard InChI is InChI=1S/C17H23N5O3/c1-3-4-17(23)21-9-7-20(8-10-21)12-16-18-14-11-13(22(24)25)5-6-15(14)19(16)2/h5-6,11H,3-4,7-10,12H2,1-2H3/p+1. The highest BCUT2D eigenvalue weighted by Gasteiger charge is 2.24. The van der Waals surface area contributed by atoms with E-state index in [1.54, 1.807) is 6.07 Å². The number of hydrogen-bond donors (Lipinski definition) is 1. The molecule has 0 saturated carbocycles. The Morgan fingerprint density at radius 1 is 1.36 bits per heavy atom. The largest absolute Gasteiger partial charge is 0.331 e. The summed E-state index contributed by atoms with van der Waals surface area (Å²) in [5.74, 6) is 1.16. The van der Waals surface area contributed by atoms with Crippen molar-refractivity contribution in [3.05, 3.63) is 34.1 Å². The van der Waals surface area contributed by atoms with Gasteiger partial charge in [-0.05, 0) is 12.5 Å². The summed E-state index contributed by atoms with van der Waals surface area (Å²) in [6, 6.07) is 4.79. The molecule has 1 amide bonds. The van der Waals surface area contributed by atoms with Crippen molar-refractivity contribution in [3.63, 3.8) is 0 Å². The van der Waals surface area contributed by atoms with Crippen LogP contribution in [-0.2, 0) is 18.4 Å². The number of nitro benzene ring substituents is 1. The summed E-state index contributed by atoms with van der Waals surface area (Å²) in [6.07, 6.45) is 1.51. The van der Waals surface area contributed by atoms with Crippen LogP contribution in [0.15, 0.2) is 18.2 Å². The number of non-ortho nitro benzene ring substituents is 1. The second-order valence-corrected chi connectivity index (χ2v) is 6.57. The first-order chi connectivity index (χ1) is 12.0. The molecule has 3 rings (SSSR count). The highest BCUT2D eigenvalue weighted by Crippen LogP contribution is 2.20. The summed E-state index contributed by atoms with van der Waals surface area (Å²) in [6.45, 7) is 6.15. The zero-order valence-corrected chi connectivity index (χ0v) is 14.7. The number of rotatable bonds is 5. The van der Waals surface area contributed by atoms with Crippen molar-refractivity contribution in [2.45, 2.75) is 26.3 Å². The first-order valence-electron chi connectivity index (χ1n) is 8.70. The summed E-state index contributed by atoms with van der Waals surface area (Å²) < 4.78 is 2.00. The minimum atomic E-state index is -0.397. The lowest BCUT2D eigenvalue weighted by atomic mass is 10.2. The molecule has 0 aliphatic carbocycles. The molecule has 1 N–H and O–H groups in total. The fraction of sp³-hybridized carbons (Fsp3) is 0.529. The molecule has 25 heavy (non-hydrogen) atoms. The van der Waals surface area contributed by atoms with Crippen LogP contribution >= 0.6 is 0 Å². The maximum Gasteiger partial charge on any atom is 0.271 e.